The van der Waals surface area contributed by atoms with Crippen molar-refractivity contribution in [2.75, 3.05) is 16.8 Å². The van der Waals surface area contributed by atoms with E-state index in [1.807, 2.05) is 18.2 Å². The minimum atomic E-state index is -0.488. The van der Waals surface area contributed by atoms with Gasteiger partial charge in [-0.15, -0.1) is 0 Å². The van der Waals surface area contributed by atoms with Gasteiger partial charge in [0.25, 0.3) is 5.91 Å². The van der Waals surface area contributed by atoms with Crippen molar-refractivity contribution < 1.29 is 9.18 Å². The molecule has 1 aliphatic heterocycles. The average Bonchev–Trinajstić information content (AvgIpc) is 3.19. The van der Waals surface area contributed by atoms with Gasteiger partial charge in [0, 0.05) is 24.1 Å². The number of nitrogens with zero attached hydrogens (tertiary/aromatic N) is 2. The molecule has 0 saturated carbocycles. The molecule has 0 radical (unpaired) electrons. The molecule has 3 aromatic rings. The van der Waals surface area contributed by atoms with Gasteiger partial charge in [-0.2, -0.15) is 0 Å². The van der Waals surface area contributed by atoms with Crippen molar-refractivity contribution in [2.24, 2.45) is 0 Å². The lowest BCUT2D eigenvalue weighted by Crippen LogP contribution is -2.36. The fourth-order valence-corrected chi connectivity index (χ4v) is 3.25. The Morgan fingerprint density at radius 3 is 2.96 bits per heavy atom. The molecule has 0 spiro atoms. The van der Waals surface area contributed by atoms with Crippen molar-refractivity contribution in [3.05, 3.63) is 77.6 Å². The Bertz CT molecular complexity index is 923. The standard InChI is InChI=1S/C20H19FN4O/c21-18-6-2-1-5-17(18)20(26)25-9-3-4-14-7-8-15(10-19(14)25)23-12-16-11-22-13-24-16/h1-2,5-8,10-11,13,23H,3-4,9,12H2,(H,22,24). The van der Waals surface area contributed by atoms with Gasteiger partial charge in [-0.05, 0) is 42.7 Å². The van der Waals surface area contributed by atoms with E-state index >= 15 is 0 Å². The molecular formula is C20H19FN4O. The number of H-pyrrole nitrogens is 1. The summed E-state index contributed by atoms with van der Waals surface area (Å²) in [6.45, 7) is 1.20. The number of imidazole rings is 1. The van der Waals surface area contributed by atoms with Crippen LogP contribution >= 0.6 is 0 Å². The summed E-state index contributed by atoms with van der Waals surface area (Å²) in [6, 6.07) is 12.1. The van der Waals surface area contributed by atoms with Crippen LogP contribution in [0.25, 0.3) is 0 Å². The second-order valence-corrected chi connectivity index (χ2v) is 6.31. The van der Waals surface area contributed by atoms with Crippen LogP contribution in [0.3, 0.4) is 0 Å². The molecule has 2 N–H and O–H groups in total. The van der Waals surface area contributed by atoms with Crippen molar-refractivity contribution in [1.82, 2.24) is 9.97 Å². The summed E-state index contributed by atoms with van der Waals surface area (Å²) in [6.07, 6.45) is 5.18. The lowest BCUT2D eigenvalue weighted by Gasteiger charge is -2.30. The predicted molar refractivity (Wildman–Crippen MR) is 98.8 cm³/mol. The number of hydrogen-bond acceptors (Lipinski definition) is 3. The molecular weight excluding hydrogens is 331 g/mol. The van der Waals surface area contributed by atoms with Crippen molar-refractivity contribution in [3.8, 4) is 0 Å². The molecule has 26 heavy (non-hydrogen) atoms. The fraction of sp³-hybridized carbons (Fsp3) is 0.200. The van der Waals surface area contributed by atoms with Crippen LogP contribution in [0.1, 0.15) is 28.0 Å². The Balaban J connectivity index is 1.61. The maximum atomic E-state index is 14.1. The molecule has 1 amide bonds. The third kappa shape index (κ3) is 3.18. The Kier molecular flexibility index (Phi) is 4.39. The zero-order chi connectivity index (χ0) is 17.9. The first-order valence-corrected chi connectivity index (χ1v) is 8.63. The summed E-state index contributed by atoms with van der Waals surface area (Å²) in [4.78, 5) is 21.6. The van der Waals surface area contributed by atoms with Gasteiger partial charge < -0.3 is 15.2 Å². The highest BCUT2D eigenvalue weighted by atomic mass is 19.1. The van der Waals surface area contributed by atoms with Gasteiger partial charge in [0.1, 0.15) is 5.82 Å². The van der Waals surface area contributed by atoms with Crippen LogP contribution in [0, 0.1) is 5.82 Å². The number of carbonyl (C=O) groups excluding carboxylic acids is 1. The average molecular weight is 350 g/mol. The Hall–Kier alpha value is -3.15. The molecule has 2 heterocycles. The topological polar surface area (TPSA) is 61.0 Å². The van der Waals surface area contributed by atoms with E-state index in [1.165, 1.54) is 12.1 Å². The van der Waals surface area contributed by atoms with Gasteiger partial charge >= 0.3 is 0 Å². The number of hydrogen-bond donors (Lipinski definition) is 2. The number of fused-ring (bicyclic) bond motifs is 1. The second kappa shape index (κ2) is 7.00. The summed E-state index contributed by atoms with van der Waals surface area (Å²) in [5.41, 5.74) is 3.94. The number of anilines is 2. The summed E-state index contributed by atoms with van der Waals surface area (Å²) in [5, 5.41) is 3.32. The van der Waals surface area contributed by atoms with Gasteiger partial charge in [0.05, 0.1) is 24.1 Å². The number of nitrogens with one attached hydrogen (secondary N) is 2. The Labute approximate surface area is 150 Å². The largest absolute Gasteiger partial charge is 0.379 e. The first kappa shape index (κ1) is 16.3. The monoisotopic (exact) mass is 350 g/mol. The quantitative estimate of drug-likeness (QED) is 0.753. The van der Waals surface area contributed by atoms with E-state index < -0.39 is 5.82 Å². The molecule has 1 aromatic heterocycles. The fourth-order valence-electron chi connectivity index (χ4n) is 3.25. The minimum absolute atomic E-state index is 0.108. The van der Waals surface area contributed by atoms with E-state index in [1.54, 1.807) is 29.6 Å². The number of aromatic amines is 1. The predicted octanol–water partition coefficient (Wildman–Crippen LogP) is 3.75. The Morgan fingerprint density at radius 1 is 1.27 bits per heavy atom. The van der Waals surface area contributed by atoms with Gasteiger partial charge in [-0.1, -0.05) is 18.2 Å². The number of halogens is 1. The third-order valence-corrected chi connectivity index (χ3v) is 4.59. The number of benzene rings is 2. The summed E-state index contributed by atoms with van der Waals surface area (Å²) in [7, 11) is 0. The van der Waals surface area contributed by atoms with Crippen LogP contribution in [-0.4, -0.2) is 22.4 Å². The molecule has 1 aliphatic rings. The number of rotatable bonds is 4. The Morgan fingerprint density at radius 2 is 2.15 bits per heavy atom. The summed E-state index contributed by atoms with van der Waals surface area (Å²) < 4.78 is 14.1. The van der Waals surface area contributed by atoms with Gasteiger partial charge in [0.15, 0.2) is 0 Å². The smallest absolute Gasteiger partial charge is 0.261 e. The third-order valence-electron chi connectivity index (χ3n) is 4.59. The number of amides is 1. The molecule has 0 saturated heterocycles. The number of aryl methyl sites for hydroxylation is 1. The molecule has 6 heteroatoms. The molecule has 0 aliphatic carbocycles. The van der Waals surface area contributed by atoms with E-state index in [-0.39, 0.29) is 11.5 Å². The van der Waals surface area contributed by atoms with Crippen molar-refractivity contribution in [2.45, 2.75) is 19.4 Å². The number of carbonyl (C=O) groups is 1. The van der Waals surface area contributed by atoms with Crippen LogP contribution < -0.4 is 10.2 Å². The van der Waals surface area contributed by atoms with Crippen LogP contribution in [-0.2, 0) is 13.0 Å². The lowest BCUT2D eigenvalue weighted by atomic mass is 10.00. The summed E-state index contributed by atoms with van der Waals surface area (Å²) >= 11 is 0. The van der Waals surface area contributed by atoms with Crippen LogP contribution in [0.5, 0.6) is 0 Å². The second-order valence-electron chi connectivity index (χ2n) is 6.31. The zero-order valence-corrected chi connectivity index (χ0v) is 14.2. The highest BCUT2D eigenvalue weighted by molar-refractivity contribution is 6.07. The maximum absolute atomic E-state index is 14.1. The molecule has 0 bridgehead atoms. The van der Waals surface area contributed by atoms with Crippen LogP contribution in [0.15, 0.2) is 55.0 Å². The molecule has 132 valence electrons. The normalized spacial score (nSPS) is 13.3. The first-order chi connectivity index (χ1) is 12.7. The van der Waals surface area contributed by atoms with Crippen LogP contribution in [0.2, 0.25) is 0 Å². The molecule has 0 fully saturated rings. The van der Waals surface area contributed by atoms with E-state index in [9.17, 15) is 9.18 Å². The SMILES string of the molecule is O=C(c1ccccc1F)N1CCCc2ccc(NCc3cnc[nH]3)cc21. The molecule has 4 rings (SSSR count). The van der Waals surface area contributed by atoms with Crippen LogP contribution in [0.4, 0.5) is 15.8 Å². The summed E-state index contributed by atoms with van der Waals surface area (Å²) in [5.74, 6) is -0.784. The highest BCUT2D eigenvalue weighted by Gasteiger charge is 2.25. The molecule has 0 atom stereocenters. The van der Waals surface area contributed by atoms with E-state index in [4.69, 9.17) is 0 Å². The van der Waals surface area contributed by atoms with E-state index in [0.717, 1.165) is 35.5 Å². The van der Waals surface area contributed by atoms with Gasteiger partial charge in [-0.25, -0.2) is 9.37 Å². The van der Waals surface area contributed by atoms with E-state index in [0.29, 0.717) is 13.1 Å². The highest BCUT2D eigenvalue weighted by Crippen LogP contribution is 2.31. The molecule has 5 nitrogen and oxygen atoms in total. The first-order valence-electron chi connectivity index (χ1n) is 8.63. The van der Waals surface area contributed by atoms with Crippen molar-refractivity contribution >= 4 is 17.3 Å². The van der Waals surface area contributed by atoms with Gasteiger partial charge in [0.2, 0.25) is 0 Å². The number of aromatic nitrogens is 2. The van der Waals surface area contributed by atoms with Crippen molar-refractivity contribution in [1.29, 1.82) is 0 Å². The maximum Gasteiger partial charge on any atom is 0.261 e. The van der Waals surface area contributed by atoms with Gasteiger partial charge in [-0.3, -0.25) is 4.79 Å². The van der Waals surface area contributed by atoms with Crippen molar-refractivity contribution in [3.63, 3.8) is 0 Å². The molecule has 2 aromatic carbocycles. The van der Waals surface area contributed by atoms with E-state index in [2.05, 4.69) is 15.3 Å². The molecule has 0 unspecified atom stereocenters. The zero-order valence-electron chi connectivity index (χ0n) is 14.2. The lowest BCUT2D eigenvalue weighted by molar-refractivity contribution is 0.0981. The minimum Gasteiger partial charge on any atom is -0.379 e.